The van der Waals surface area contributed by atoms with Crippen molar-refractivity contribution >= 4 is 0 Å². The van der Waals surface area contributed by atoms with Crippen LogP contribution in [-0.2, 0) is 38.8 Å². The summed E-state index contributed by atoms with van der Waals surface area (Å²) in [5.74, 6) is 0. The highest BCUT2D eigenvalue weighted by Gasteiger charge is 2.40. The van der Waals surface area contributed by atoms with Crippen LogP contribution in [0.1, 0.15) is 23.1 Å². The molecule has 5 nitrogen and oxygen atoms in total. The molecule has 0 bridgehead atoms. The van der Waals surface area contributed by atoms with E-state index in [4.69, 9.17) is 18.9 Å². The Morgan fingerprint density at radius 1 is 0.688 bits per heavy atom. The van der Waals surface area contributed by atoms with Gasteiger partial charge in [-0.25, -0.2) is 0 Å². The molecule has 32 heavy (non-hydrogen) atoms. The number of ether oxygens (including phenoxy) is 4. The van der Waals surface area contributed by atoms with Crippen molar-refractivity contribution in [2.75, 3.05) is 6.61 Å². The Balaban J connectivity index is 1.42. The van der Waals surface area contributed by atoms with Crippen molar-refractivity contribution in [3.63, 3.8) is 0 Å². The maximum absolute atomic E-state index is 10.4. The average molecular weight is 435 g/mol. The third-order valence-corrected chi connectivity index (χ3v) is 5.48. The van der Waals surface area contributed by atoms with E-state index in [1.165, 1.54) is 0 Å². The van der Waals surface area contributed by atoms with Crippen molar-refractivity contribution in [1.82, 2.24) is 0 Å². The zero-order valence-corrected chi connectivity index (χ0v) is 18.1. The molecule has 5 heteroatoms. The van der Waals surface area contributed by atoms with E-state index in [0.717, 1.165) is 16.7 Å². The van der Waals surface area contributed by atoms with Gasteiger partial charge in [-0.05, 0) is 16.7 Å². The normalized spacial score (nSPS) is 23.2. The molecule has 1 N–H and O–H groups in total. The summed E-state index contributed by atoms with van der Waals surface area (Å²) in [7, 11) is 0. The van der Waals surface area contributed by atoms with Crippen LogP contribution in [0.15, 0.2) is 91.0 Å². The lowest BCUT2D eigenvalue weighted by Gasteiger charge is -2.39. The van der Waals surface area contributed by atoms with Gasteiger partial charge in [-0.3, -0.25) is 0 Å². The first-order valence-electron chi connectivity index (χ1n) is 11.0. The molecule has 1 saturated heterocycles. The van der Waals surface area contributed by atoms with E-state index < -0.39 is 12.4 Å². The largest absolute Gasteiger partial charge is 0.374 e. The fourth-order valence-corrected chi connectivity index (χ4v) is 3.83. The van der Waals surface area contributed by atoms with Crippen LogP contribution in [0.3, 0.4) is 0 Å². The minimum absolute atomic E-state index is 0.302. The summed E-state index contributed by atoms with van der Waals surface area (Å²) in [6.45, 7) is 1.65. The van der Waals surface area contributed by atoms with Crippen molar-refractivity contribution in [3.05, 3.63) is 108 Å². The minimum Gasteiger partial charge on any atom is -0.374 e. The number of aliphatic hydroxyl groups excluding tert-OH is 1. The summed E-state index contributed by atoms with van der Waals surface area (Å²) in [6, 6.07) is 30.0. The minimum atomic E-state index is -0.919. The summed E-state index contributed by atoms with van der Waals surface area (Å²) in [6.07, 6.45) is -1.68. The van der Waals surface area contributed by atoms with Crippen LogP contribution in [-0.4, -0.2) is 36.3 Å². The second-order valence-electron chi connectivity index (χ2n) is 7.96. The van der Waals surface area contributed by atoms with Crippen molar-refractivity contribution in [3.8, 4) is 0 Å². The lowest BCUT2D eigenvalue weighted by molar-refractivity contribution is -0.265. The van der Waals surface area contributed by atoms with Crippen LogP contribution in [0, 0.1) is 0 Å². The number of hydrogen-bond acceptors (Lipinski definition) is 5. The Hall–Kier alpha value is -2.54. The van der Waals surface area contributed by atoms with Gasteiger partial charge in [-0.15, -0.1) is 0 Å². The monoisotopic (exact) mass is 434 g/mol. The lowest BCUT2D eigenvalue weighted by atomic mass is 10.0. The van der Waals surface area contributed by atoms with Gasteiger partial charge in [0.15, 0.2) is 6.29 Å². The topological polar surface area (TPSA) is 57.2 Å². The third-order valence-electron chi connectivity index (χ3n) is 5.48. The Labute approximate surface area is 189 Å². The molecule has 0 aliphatic carbocycles. The fourth-order valence-electron chi connectivity index (χ4n) is 3.83. The first-order chi connectivity index (χ1) is 15.8. The molecular formula is C27H30O5. The fraction of sp³-hybridized carbons (Fsp3) is 0.333. The smallest absolute Gasteiger partial charge is 0.157 e. The van der Waals surface area contributed by atoms with Crippen LogP contribution in [0.25, 0.3) is 0 Å². The first-order valence-corrected chi connectivity index (χ1v) is 11.0. The van der Waals surface area contributed by atoms with Crippen molar-refractivity contribution in [1.29, 1.82) is 0 Å². The molecular weight excluding hydrogens is 404 g/mol. The van der Waals surface area contributed by atoms with E-state index in [9.17, 15) is 5.11 Å². The van der Waals surface area contributed by atoms with Gasteiger partial charge in [0.1, 0.15) is 12.2 Å². The molecule has 1 fully saturated rings. The quantitative estimate of drug-likeness (QED) is 0.510. The van der Waals surface area contributed by atoms with Crippen LogP contribution in [0.5, 0.6) is 0 Å². The van der Waals surface area contributed by atoms with Crippen LogP contribution < -0.4 is 0 Å². The van der Waals surface area contributed by atoms with Crippen LogP contribution in [0.2, 0.25) is 0 Å². The second kappa shape index (κ2) is 11.9. The zero-order chi connectivity index (χ0) is 22.0. The average Bonchev–Trinajstić information content (AvgIpc) is 2.84. The molecule has 4 rings (SSSR count). The summed E-state index contributed by atoms with van der Waals surface area (Å²) < 4.78 is 24.3. The van der Waals surface area contributed by atoms with Crippen molar-refractivity contribution < 1.29 is 24.1 Å². The van der Waals surface area contributed by atoms with Gasteiger partial charge < -0.3 is 24.1 Å². The molecule has 0 aromatic heterocycles. The van der Waals surface area contributed by atoms with Gasteiger partial charge in [0.25, 0.3) is 0 Å². The van der Waals surface area contributed by atoms with Gasteiger partial charge >= 0.3 is 0 Å². The Morgan fingerprint density at radius 2 is 1.19 bits per heavy atom. The molecule has 1 aliphatic heterocycles. The van der Waals surface area contributed by atoms with E-state index in [1.54, 1.807) is 0 Å². The second-order valence-corrected chi connectivity index (χ2v) is 7.96. The number of benzene rings is 3. The maximum Gasteiger partial charge on any atom is 0.157 e. The molecule has 1 heterocycles. The van der Waals surface area contributed by atoms with E-state index in [1.807, 2.05) is 91.0 Å². The van der Waals surface area contributed by atoms with Gasteiger partial charge in [0.05, 0.1) is 32.5 Å². The number of aliphatic hydroxyl groups is 1. The predicted molar refractivity (Wildman–Crippen MR) is 122 cm³/mol. The Bertz CT molecular complexity index is 903. The van der Waals surface area contributed by atoms with Gasteiger partial charge in [0, 0.05) is 6.42 Å². The standard InChI is InChI=1S/C27H30O5/c28-26-16-24(30-18-22-12-6-2-7-13-22)27(31-19-23-14-8-3-9-15-23)25(32-26)20-29-17-21-10-4-1-5-11-21/h1-15,24-28H,16-20H2/t24-,25+,26?,27+/m0/s1. The maximum atomic E-state index is 10.4. The van der Waals surface area contributed by atoms with Crippen molar-refractivity contribution in [2.45, 2.75) is 50.8 Å². The summed E-state index contributed by atoms with van der Waals surface area (Å²) in [5.41, 5.74) is 3.24. The molecule has 0 amide bonds. The van der Waals surface area contributed by atoms with Crippen LogP contribution >= 0.6 is 0 Å². The van der Waals surface area contributed by atoms with E-state index in [-0.39, 0.29) is 12.2 Å². The Morgan fingerprint density at radius 3 is 1.75 bits per heavy atom. The summed E-state index contributed by atoms with van der Waals surface area (Å²) in [4.78, 5) is 0. The van der Waals surface area contributed by atoms with Crippen molar-refractivity contribution in [2.24, 2.45) is 0 Å². The lowest BCUT2D eigenvalue weighted by Crippen LogP contribution is -2.52. The number of rotatable bonds is 10. The molecule has 168 valence electrons. The van der Waals surface area contributed by atoms with E-state index in [2.05, 4.69) is 0 Å². The highest BCUT2D eigenvalue weighted by molar-refractivity contribution is 5.15. The van der Waals surface area contributed by atoms with E-state index >= 15 is 0 Å². The highest BCUT2D eigenvalue weighted by atomic mass is 16.6. The van der Waals surface area contributed by atoms with E-state index in [0.29, 0.717) is 32.8 Å². The number of hydrogen-bond donors (Lipinski definition) is 1. The molecule has 3 aromatic rings. The molecule has 1 aliphatic rings. The Kier molecular flexibility index (Phi) is 8.42. The summed E-state index contributed by atoms with van der Waals surface area (Å²) in [5, 5.41) is 10.4. The first kappa shape index (κ1) is 22.6. The third kappa shape index (κ3) is 6.73. The molecule has 4 atom stereocenters. The van der Waals surface area contributed by atoms with Gasteiger partial charge in [-0.2, -0.15) is 0 Å². The molecule has 0 spiro atoms. The molecule has 3 aromatic carbocycles. The van der Waals surface area contributed by atoms with Crippen LogP contribution in [0.4, 0.5) is 0 Å². The molecule has 0 saturated carbocycles. The SMILES string of the molecule is OC1C[C@H](OCc2ccccc2)[C@@H](OCc2ccccc2)[C@@H](COCc2ccccc2)O1. The van der Waals surface area contributed by atoms with Gasteiger partial charge in [-0.1, -0.05) is 91.0 Å². The predicted octanol–water partition coefficient (Wildman–Crippen LogP) is 4.48. The van der Waals surface area contributed by atoms with Gasteiger partial charge in [0.2, 0.25) is 0 Å². The molecule has 1 unspecified atom stereocenters. The zero-order valence-electron chi connectivity index (χ0n) is 18.1. The highest BCUT2D eigenvalue weighted by Crippen LogP contribution is 2.27. The molecule has 0 radical (unpaired) electrons. The summed E-state index contributed by atoms with van der Waals surface area (Å²) >= 11 is 0.